The van der Waals surface area contributed by atoms with Gasteiger partial charge in [-0.25, -0.2) is 0 Å². The van der Waals surface area contributed by atoms with E-state index in [0.717, 1.165) is 61.9 Å². The minimum absolute atomic E-state index is 0.602. The molecule has 0 spiro atoms. The molecule has 0 saturated heterocycles. The van der Waals surface area contributed by atoms with Crippen LogP contribution in [-0.2, 0) is 5.41 Å². The molecule has 1 aliphatic rings. The monoisotopic (exact) mass is 1010 g/mol. The van der Waals surface area contributed by atoms with Crippen molar-refractivity contribution in [1.82, 2.24) is 0 Å². The van der Waals surface area contributed by atoms with E-state index in [9.17, 15) is 0 Å². The van der Waals surface area contributed by atoms with Crippen LogP contribution in [0.3, 0.4) is 0 Å². The van der Waals surface area contributed by atoms with Crippen LogP contribution in [0.15, 0.2) is 328 Å². The van der Waals surface area contributed by atoms with Crippen molar-refractivity contribution in [2.45, 2.75) is 5.41 Å². The second kappa shape index (κ2) is 20.3. The van der Waals surface area contributed by atoms with E-state index in [0.29, 0.717) is 0 Å². The molecule has 0 unspecified atom stereocenters. The normalized spacial score (nSPS) is 12.2. The lowest BCUT2D eigenvalue weighted by atomic mass is 9.67. The summed E-state index contributed by atoms with van der Waals surface area (Å²) in [6.45, 7) is 0. The van der Waals surface area contributed by atoms with E-state index < -0.39 is 5.41 Å². The fourth-order valence-electron chi connectivity index (χ4n) is 12.5. The van der Waals surface area contributed by atoms with E-state index in [2.05, 4.69) is 337 Å². The van der Waals surface area contributed by atoms with Gasteiger partial charge in [0, 0.05) is 34.0 Å². The van der Waals surface area contributed by atoms with Gasteiger partial charge >= 0.3 is 0 Å². The molecule has 0 bridgehead atoms. The third-order valence-corrected chi connectivity index (χ3v) is 15.9. The second-order valence-electron chi connectivity index (χ2n) is 20.3. The van der Waals surface area contributed by atoms with Crippen molar-refractivity contribution in [2.75, 3.05) is 9.80 Å². The maximum Gasteiger partial charge on any atom is 0.0714 e. The van der Waals surface area contributed by atoms with E-state index in [1.807, 2.05) is 0 Å². The molecule has 372 valence electrons. The molecule has 0 N–H and O–H groups in total. The predicted octanol–water partition coefficient (Wildman–Crippen LogP) is 20.8. The lowest BCUT2D eigenvalue weighted by molar-refractivity contribution is 0.768. The van der Waals surface area contributed by atoms with Gasteiger partial charge in [0.1, 0.15) is 0 Å². The third kappa shape index (κ3) is 8.30. The van der Waals surface area contributed by atoms with Crippen LogP contribution in [-0.4, -0.2) is 0 Å². The summed E-state index contributed by atoms with van der Waals surface area (Å²) in [5.74, 6) is 0. The molecule has 0 amide bonds. The zero-order valence-corrected chi connectivity index (χ0v) is 43.6. The first-order valence-electron chi connectivity index (χ1n) is 27.2. The SMILES string of the molecule is c1ccc(-c2ccccc2N(c2cc(-c3ccccc3-c3ccc4ccccc4c3-c3ccccc3)cc(N(c3ccccc3)c3ccccc3)c2)c2ccc3c(c2)C(c2ccccc2)(c2ccccc2)c2ccccc2-3)cc1. The zero-order chi connectivity index (χ0) is 52.5. The van der Waals surface area contributed by atoms with Gasteiger partial charge in [0.05, 0.1) is 11.1 Å². The molecule has 14 rings (SSSR count). The van der Waals surface area contributed by atoms with Crippen molar-refractivity contribution in [3.63, 3.8) is 0 Å². The molecule has 13 aromatic rings. The van der Waals surface area contributed by atoms with Gasteiger partial charge in [-0.1, -0.05) is 267 Å². The molecule has 13 aromatic carbocycles. The quantitative estimate of drug-likeness (QED) is 0.120. The van der Waals surface area contributed by atoms with Gasteiger partial charge in [-0.2, -0.15) is 0 Å². The summed E-state index contributed by atoms with van der Waals surface area (Å²) in [5, 5.41) is 2.43. The van der Waals surface area contributed by atoms with Crippen LogP contribution in [0.2, 0.25) is 0 Å². The van der Waals surface area contributed by atoms with Gasteiger partial charge in [0.2, 0.25) is 0 Å². The highest BCUT2D eigenvalue weighted by atomic mass is 15.2. The average Bonchev–Trinajstić information content (AvgIpc) is 3.71. The first kappa shape index (κ1) is 47.2. The Morgan fingerprint density at radius 3 is 1.34 bits per heavy atom. The van der Waals surface area contributed by atoms with Crippen LogP contribution in [0.1, 0.15) is 22.3 Å². The summed E-state index contributed by atoms with van der Waals surface area (Å²) in [7, 11) is 0. The number of para-hydroxylation sites is 3. The lowest BCUT2D eigenvalue weighted by Gasteiger charge is -2.35. The van der Waals surface area contributed by atoms with Crippen LogP contribution < -0.4 is 9.80 Å². The van der Waals surface area contributed by atoms with E-state index in [1.54, 1.807) is 0 Å². The predicted molar refractivity (Wildman–Crippen MR) is 332 cm³/mol. The van der Waals surface area contributed by atoms with E-state index in [-0.39, 0.29) is 0 Å². The van der Waals surface area contributed by atoms with Gasteiger partial charge in [0.15, 0.2) is 0 Å². The summed E-state index contributed by atoms with van der Waals surface area (Å²) in [4.78, 5) is 4.92. The Kier molecular flexibility index (Phi) is 12.2. The van der Waals surface area contributed by atoms with Crippen molar-refractivity contribution >= 4 is 44.9 Å². The van der Waals surface area contributed by atoms with Gasteiger partial charge < -0.3 is 9.80 Å². The minimum Gasteiger partial charge on any atom is -0.310 e. The highest BCUT2D eigenvalue weighted by Gasteiger charge is 2.46. The number of nitrogens with zero attached hydrogens (tertiary/aromatic N) is 2. The Hall–Kier alpha value is -10.3. The van der Waals surface area contributed by atoms with Crippen molar-refractivity contribution in [3.8, 4) is 55.6 Å². The third-order valence-electron chi connectivity index (χ3n) is 15.9. The molecule has 0 saturated carbocycles. The molecule has 0 atom stereocenters. The van der Waals surface area contributed by atoms with Crippen LogP contribution in [0.25, 0.3) is 66.4 Å². The largest absolute Gasteiger partial charge is 0.310 e. The van der Waals surface area contributed by atoms with Crippen LogP contribution in [0, 0.1) is 0 Å². The second-order valence-corrected chi connectivity index (χ2v) is 20.3. The molecule has 1 aliphatic carbocycles. The van der Waals surface area contributed by atoms with Crippen molar-refractivity contribution < 1.29 is 0 Å². The zero-order valence-electron chi connectivity index (χ0n) is 43.6. The topological polar surface area (TPSA) is 6.48 Å². The minimum atomic E-state index is -0.602. The maximum absolute atomic E-state index is 2.52. The fraction of sp³-hybridized carbons (Fsp3) is 0.0130. The Labute approximate surface area is 463 Å². The van der Waals surface area contributed by atoms with Crippen molar-refractivity contribution in [3.05, 3.63) is 350 Å². The first-order valence-corrected chi connectivity index (χ1v) is 27.2. The summed E-state index contributed by atoms with van der Waals surface area (Å²) in [6, 6.07) is 120. The van der Waals surface area contributed by atoms with Crippen LogP contribution >= 0.6 is 0 Å². The summed E-state index contributed by atoms with van der Waals surface area (Å²) >= 11 is 0. The molecule has 0 fully saturated rings. The van der Waals surface area contributed by atoms with Crippen LogP contribution in [0.5, 0.6) is 0 Å². The molecule has 0 heterocycles. The standard InChI is InChI=1S/C77H54N2/c1-7-27-55(28-8-1)67-41-24-26-46-75(67)79(63-48-50-71-70-44-23-25-45-73(70)77(74(71)54-63,59-32-11-3-12-33-59)60-34-13-4-14-35-60)65-52-58(51-64(53-65)78(61-36-15-5-16-37-61)62-38-17-6-18-39-62)66-40-21-22-43-69(66)72-49-47-56-29-19-20-42-68(56)76(72)57-30-9-2-10-31-57/h1-54H. The van der Waals surface area contributed by atoms with E-state index in [4.69, 9.17) is 0 Å². The Balaban J connectivity index is 1.08. The van der Waals surface area contributed by atoms with Crippen LogP contribution in [0.4, 0.5) is 34.1 Å². The smallest absolute Gasteiger partial charge is 0.0714 e. The molecule has 0 radical (unpaired) electrons. The molecule has 0 aliphatic heterocycles. The highest BCUT2D eigenvalue weighted by Crippen LogP contribution is 2.58. The molecular weight excluding hydrogens is 953 g/mol. The number of benzene rings is 13. The Bertz CT molecular complexity index is 4210. The molecular formula is C77H54N2. The molecule has 0 aromatic heterocycles. The number of rotatable bonds is 12. The summed E-state index contributed by atoms with van der Waals surface area (Å²) in [5.41, 5.74) is 22.4. The van der Waals surface area contributed by atoms with Gasteiger partial charge in [-0.05, 0) is 144 Å². The lowest BCUT2D eigenvalue weighted by Crippen LogP contribution is -2.28. The number of anilines is 6. The van der Waals surface area contributed by atoms with Gasteiger partial charge in [-0.15, -0.1) is 0 Å². The molecule has 79 heavy (non-hydrogen) atoms. The molecule has 2 nitrogen and oxygen atoms in total. The number of hydrogen-bond acceptors (Lipinski definition) is 2. The average molecular weight is 1010 g/mol. The van der Waals surface area contributed by atoms with Crippen molar-refractivity contribution in [2.24, 2.45) is 0 Å². The summed E-state index contributed by atoms with van der Waals surface area (Å²) < 4.78 is 0. The fourth-order valence-corrected chi connectivity index (χ4v) is 12.5. The highest BCUT2D eigenvalue weighted by molar-refractivity contribution is 6.06. The van der Waals surface area contributed by atoms with E-state index >= 15 is 0 Å². The number of fused-ring (bicyclic) bond motifs is 4. The Morgan fingerprint density at radius 2 is 0.696 bits per heavy atom. The van der Waals surface area contributed by atoms with E-state index in [1.165, 1.54) is 60.8 Å². The molecule has 2 heteroatoms. The van der Waals surface area contributed by atoms with Gasteiger partial charge in [-0.3, -0.25) is 0 Å². The number of hydrogen-bond donors (Lipinski definition) is 0. The maximum atomic E-state index is 2.52. The Morgan fingerprint density at radius 1 is 0.228 bits per heavy atom. The summed E-state index contributed by atoms with van der Waals surface area (Å²) in [6.07, 6.45) is 0. The van der Waals surface area contributed by atoms with Crippen molar-refractivity contribution in [1.29, 1.82) is 0 Å². The first-order chi connectivity index (χ1) is 39.2. The van der Waals surface area contributed by atoms with Gasteiger partial charge in [0.25, 0.3) is 0 Å².